The van der Waals surface area contributed by atoms with Crippen molar-refractivity contribution in [3.05, 3.63) is 101 Å². The predicted molar refractivity (Wildman–Crippen MR) is 131 cm³/mol. The topological polar surface area (TPSA) is 71.1 Å². The van der Waals surface area contributed by atoms with Crippen LogP contribution in [0.3, 0.4) is 0 Å². The van der Waals surface area contributed by atoms with E-state index >= 15 is 0 Å². The summed E-state index contributed by atoms with van der Waals surface area (Å²) in [6.45, 7) is -0.0769. The first-order chi connectivity index (χ1) is 16.6. The van der Waals surface area contributed by atoms with Crippen LogP contribution in [0.15, 0.2) is 95.5 Å². The molecule has 0 unspecified atom stereocenters. The fourth-order valence-electron chi connectivity index (χ4n) is 3.23. The van der Waals surface area contributed by atoms with Gasteiger partial charge in [0.1, 0.15) is 36.0 Å². The van der Waals surface area contributed by atoms with Gasteiger partial charge in [-0.15, -0.1) is 0 Å². The maximum atomic E-state index is 12.5. The summed E-state index contributed by atoms with van der Waals surface area (Å²) < 4.78 is 22.6. The van der Waals surface area contributed by atoms with Crippen molar-refractivity contribution in [1.29, 1.82) is 0 Å². The van der Waals surface area contributed by atoms with E-state index in [2.05, 4.69) is 15.9 Å². The Hall–Kier alpha value is -3.84. The molecule has 0 bridgehead atoms. The predicted octanol–water partition coefficient (Wildman–Crippen LogP) is 5.82. The van der Waals surface area contributed by atoms with E-state index in [1.807, 2.05) is 60.7 Å². The number of hydrogen-bond acceptors (Lipinski definition) is 6. The summed E-state index contributed by atoms with van der Waals surface area (Å²) >= 11 is 3.53. The molecular formula is C27H21BrO6. The van der Waals surface area contributed by atoms with Crippen LogP contribution >= 0.6 is 15.9 Å². The Morgan fingerprint density at radius 3 is 2.29 bits per heavy atom. The third-order valence-electron chi connectivity index (χ3n) is 4.83. The van der Waals surface area contributed by atoms with Crippen molar-refractivity contribution in [2.75, 3.05) is 19.8 Å². The standard InChI is InChI=1S/C27H21BrO6/c28-26-21-11-5-4-8-19(21)14-15-24(26)33-18-25(29)34-23-13-7-6-12-22(23)27(30)32-17-16-31-20-9-2-1-3-10-20/h1-15H,16-18H2. The number of carbonyl (C=O) groups excluding carboxylic acids is 2. The molecule has 0 saturated heterocycles. The van der Waals surface area contributed by atoms with Gasteiger partial charge in [0.2, 0.25) is 0 Å². The van der Waals surface area contributed by atoms with Crippen LogP contribution in [0, 0.1) is 0 Å². The van der Waals surface area contributed by atoms with Crippen molar-refractivity contribution in [2.24, 2.45) is 0 Å². The molecule has 4 aromatic rings. The largest absolute Gasteiger partial charge is 0.490 e. The smallest absolute Gasteiger partial charge is 0.349 e. The fraction of sp³-hybridized carbons (Fsp3) is 0.111. The maximum Gasteiger partial charge on any atom is 0.349 e. The van der Waals surface area contributed by atoms with E-state index in [0.29, 0.717) is 11.5 Å². The van der Waals surface area contributed by atoms with Crippen LogP contribution < -0.4 is 14.2 Å². The Balaban J connectivity index is 1.32. The first kappa shape index (κ1) is 23.3. The number of hydrogen-bond donors (Lipinski definition) is 0. The van der Waals surface area contributed by atoms with Crippen molar-refractivity contribution in [1.82, 2.24) is 0 Å². The van der Waals surface area contributed by atoms with Crippen molar-refractivity contribution >= 4 is 38.6 Å². The van der Waals surface area contributed by atoms with Gasteiger partial charge in [-0.2, -0.15) is 0 Å². The summed E-state index contributed by atoms with van der Waals surface area (Å²) in [5.41, 5.74) is 0.141. The highest BCUT2D eigenvalue weighted by Crippen LogP contribution is 2.33. The molecular weight excluding hydrogens is 500 g/mol. The summed E-state index contributed by atoms with van der Waals surface area (Å²) in [4.78, 5) is 24.9. The molecule has 0 atom stereocenters. The fourth-order valence-corrected chi connectivity index (χ4v) is 3.83. The molecule has 0 fully saturated rings. The summed E-state index contributed by atoms with van der Waals surface area (Å²) in [7, 11) is 0. The number of halogens is 1. The molecule has 6 nitrogen and oxygen atoms in total. The molecule has 34 heavy (non-hydrogen) atoms. The Morgan fingerprint density at radius 2 is 1.44 bits per heavy atom. The van der Waals surface area contributed by atoms with Gasteiger partial charge in [0.15, 0.2) is 6.61 Å². The van der Waals surface area contributed by atoms with Gasteiger partial charge in [-0.05, 0) is 57.0 Å². The number of fused-ring (bicyclic) bond motifs is 1. The summed E-state index contributed by atoms with van der Waals surface area (Å²) in [5, 5.41) is 2.02. The number of ether oxygens (including phenoxy) is 4. The SMILES string of the molecule is O=C(COc1ccc2ccccc2c1Br)Oc1ccccc1C(=O)OCCOc1ccccc1. The number of para-hydroxylation sites is 2. The van der Waals surface area contributed by atoms with Gasteiger partial charge in [-0.1, -0.05) is 60.7 Å². The lowest BCUT2D eigenvalue weighted by molar-refractivity contribution is -0.136. The van der Waals surface area contributed by atoms with Crippen LogP contribution in [-0.4, -0.2) is 31.8 Å². The minimum atomic E-state index is -0.646. The van der Waals surface area contributed by atoms with Crippen LogP contribution in [0.1, 0.15) is 10.4 Å². The summed E-state index contributed by atoms with van der Waals surface area (Å²) in [6.07, 6.45) is 0. The van der Waals surface area contributed by atoms with E-state index in [9.17, 15) is 9.59 Å². The highest BCUT2D eigenvalue weighted by Gasteiger charge is 2.17. The number of rotatable bonds is 9. The van der Waals surface area contributed by atoms with Gasteiger partial charge in [-0.25, -0.2) is 9.59 Å². The third-order valence-corrected chi connectivity index (χ3v) is 5.65. The van der Waals surface area contributed by atoms with Crippen molar-refractivity contribution in [3.8, 4) is 17.2 Å². The molecule has 0 saturated carbocycles. The van der Waals surface area contributed by atoms with E-state index in [1.165, 1.54) is 12.1 Å². The molecule has 0 aliphatic carbocycles. The van der Waals surface area contributed by atoms with E-state index in [-0.39, 0.29) is 31.1 Å². The lowest BCUT2D eigenvalue weighted by Gasteiger charge is -2.12. The number of esters is 2. The zero-order valence-electron chi connectivity index (χ0n) is 18.1. The second kappa shape index (κ2) is 11.3. The van der Waals surface area contributed by atoms with Crippen molar-refractivity contribution in [2.45, 2.75) is 0 Å². The van der Waals surface area contributed by atoms with Crippen LogP contribution in [0.4, 0.5) is 0 Å². The molecule has 0 aliphatic heterocycles. The van der Waals surface area contributed by atoms with Gasteiger partial charge >= 0.3 is 11.9 Å². The molecule has 4 rings (SSSR count). The molecule has 4 aromatic carbocycles. The van der Waals surface area contributed by atoms with E-state index in [0.717, 1.165) is 15.2 Å². The monoisotopic (exact) mass is 520 g/mol. The molecule has 0 aliphatic rings. The molecule has 0 amide bonds. The van der Waals surface area contributed by atoms with Gasteiger partial charge in [0, 0.05) is 0 Å². The number of benzene rings is 4. The minimum absolute atomic E-state index is 0.0507. The second-order valence-corrected chi connectivity index (χ2v) is 7.95. The Bertz CT molecular complexity index is 1290. The van der Waals surface area contributed by atoms with Crippen LogP contribution in [0.5, 0.6) is 17.2 Å². The second-order valence-electron chi connectivity index (χ2n) is 7.16. The molecule has 0 spiro atoms. The highest BCUT2D eigenvalue weighted by atomic mass is 79.9. The van der Waals surface area contributed by atoms with Crippen molar-refractivity contribution in [3.63, 3.8) is 0 Å². The van der Waals surface area contributed by atoms with Gasteiger partial charge in [0.05, 0.1) is 4.47 Å². The molecule has 172 valence electrons. The van der Waals surface area contributed by atoms with Crippen LogP contribution in [0.2, 0.25) is 0 Å². The zero-order valence-corrected chi connectivity index (χ0v) is 19.7. The first-order valence-corrected chi connectivity index (χ1v) is 11.4. The van der Waals surface area contributed by atoms with Crippen LogP contribution in [0.25, 0.3) is 10.8 Å². The lowest BCUT2D eigenvalue weighted by atomic mass is 10.1. The molecule has 7 heteroatoms. The average Bonchev–Trinajstić information content (AvgIpc) is 2.87. The summed E-state index contributed by atoms with van der Waals surface area (Å²) in [5.74, 6) is 0.0429. The van der Waals surface area contributed by atoms with E-state index in [1.54, 1.807) is 18.2 Å². The molecule has 0 N–H and O–H groups in total. The minimum Gasteiger partial charge on any atom is -0.490 e. The Morgan fingerprint density at radius 1 is 0.706 bits per heavy atom. The first-order valence-electron chi connectivity index (χ1n) is 10.6. The van der Waals surface area contributed by atoms with Gasteiger partial charge in [-0.3, -0.25) is 0 Å². The van der Waals surface area contributed by atoms with Crippen LogP contribution in [-0.2, 0) is 9.53 Å². The Labute approximate surface area is 205 Å². The average molecular weight is 521 g/mol. The highest BCUT2D eigenvalue weighted by molar-refractivity contribution is 9.10. The lowest BCUT2D eigenvalue weighted by Crippen LogP contribution is -2.20. The van der Waals surface area contributed by atoms with Crippen molar-refractivity contribution < 1.29 is 28.5 Å². The third kappa shape index (κ3) is 5.94. The zero-order chi connectivity index (χ0) is 23.8. The molecule has 0 aromatic heterocycles. The number of carbonyl (C=O) groups is 2. The Kier molecular flexibility index (Phi) is 7.78. The maximum absolute atomic E-state index is 12.5. The van der Waals surface area contributed by atoms with Gasteiger partial charge in [0.25, 0.3) is 0 Å². The molecule has 0 radical (unpaired) electrons. The summed E-state index contributed by atoms with van der Waals surface area (Å²) in [6, 6.07) is 27.1. The van der Waals surface area contributed by atoms with E-state index < -0.39 is 11.9 Å². The van der Waals surface area contributed by atoms with Gasteiger partial charge < -0.3 is 18.9 Å². The normalized spacial score (nSPS) is 10.5. The molecule has 0 heterocycles. The van der Waals surface area contributed by atoms with E-state index in [4.69, 9.17) is 18.9 Å². The quantitative estimate of drug-likeness (QED) is 0.157.